The molecule has 1 fully saturated rings. The summed E-state index contributed by atoms with van der Waals surface area (Å²) >= 11 is 0. The summed E-state index contributed by atoms with van der Waals surface area (Å²) in [6, 6.07) is 12.8. The molecule has 10 heteroatoms. The number of nitrogens with zero attached hydrogens (tertiary/aromatic N) is 8. The van der Waals surface area contributed by atoms with E-state index in [4.69, 9.17) is 0 Å². The molecule has 0 spiro atoms. The fraction of sp³-hybridized carbons (Fsp3) is 0.318. The van der Waals surface area contributed by atoms with Gasteiger partial charge in [0.25, 0.3) is 11.5 Å². The predicted octanol–water partition coefficient (Wildman–Crippen LogP) is 0.774. The van der Waals surface area contributed by atoms with Gasteiger partial charge >= 0.3 is 0 Å². The Balaban J connectivity index is 1.21. The first-order valence-electron chi connectivity index (χ1n) is 10.6. The molecule has 0 N–H and O–H groups in total. The summed E-state index contributed by atoms with van der Waals surface area (Å²) in [6.07, 6.45) is 3.46. The highest BCUT2D eigenvalue weighted by atomic mass is 16.2. The Morgan fingerprint density at radius 2 is 1.78 bits per heavy atom. The lowest BCUT2D eigenvalue weighted by molar-refractivity contribution is 0.0626. The van der Waals surface area contributed by atoms with E-state index in [-0.39, 0.29) is 11.5 Å². The summed E-state index contributed by atoms with van der Waals surface area (Å²) < 4.78 is 4.84. The molecule has 0 radical (unpaired) electrons. The Labute approximate surface area is 184 Å². The Morgan fingerprint density at radius 3 is 2.56 bits per heavy atom. The fourth-order valence-electron chi connectivity index (χ4n) is 4.06. The van der Waals surface area contributed by atoms with E-state index in [0.717, 1.165) is 24.0 Å². The number of piperazine rings is 1. The van der Waals surface area contributed by atoms with Crippen LogP contribution < -0.4 is 5.56 Å². The van der Waals surface area contributed by atoms with Crippen LogP contribution in [0.1, 0.15) is 10.5 Å². The normalized spacial score (nSPS) is 14.8. The maximum absolute atomic E-state index is 13.1. The van der Waals surface area contributed by atoms with Gasteiger partial charge in [-0.25, -0.2) is 9.36 Å². The minimum atomic E-state index is -0.142. The molecule has 0 atom stereocenters. The molecule has 164 valence electrons. The Kier molecular flexibility index (Phi) is 5.28. The fourth-order valence-corrected chi connectivity index (χ4v) is 4.06. The quantitative estimate of drug-likeness (QED) is 0.463. The predicted molar refractivity (Wildman–Crippen MR) is 119 cm³/mol. The molecule has 32 heavy (non-hydrogen) atoms. The van der Waals surface area contributed by atoms with Crippen LogP contribution in [0.3, 0.4) is 0 Å². The molecular weight excluding hydrogens is 408 g/mol. The van der Waals surface area contributed by atoms with Crippen LogP contribution in [0.25, 0.3) is 16.7 Å². The molecule has 1 aliphatic heterocycles. The number of benzene rings is 1. The molecule has 0 bridgehead atoms. The number of para-hydroxylation sites is 1. The number of hydrogen-bond donors (Lipinski definition) is 0. The van der Waals surface area contributed by atoms with Gasteiger partial charge in [0.05, 0.1) is 12.1 Å². The largest absolute Gasteiger partial charge is 0.335 e. The minimum Gasteiger partial charge on any atom is -0.335 e. The van der Waals surface area contributed by atoms with Crippen LogP contribution in [0, 0.1) is 0 Å². The standard InChI is InChI=1S/C22H24N8O2/c1-26-18-6-3-2-5-17(18)21(25-26)22(32)28-14-11-27(12-15-28)13-16-30-20(31)8-7-19(24-30)29-10-4-9-23-29/h2-10H,11-16H2,1H3. The van der Waals surface area contributed by atoms with Crippen molar-refractivity contribution in [3.8, 4) is 5.82 Å². The van der Waals surface area contributed by atoms with Gasteiger partial charge in [-0.05, 0) is 18.2 Å². The van der Waals surface area contributed by atoms with Crippen molar-refractivity contribution in [3.63, 3.8) is 0 Å². The van der Waals surface area contributed by atoms with Crippen LogP contribution in [0.15, 0.2) is 59.7 Å². The van der Waals surface area contributed by atoms with Crippen molar-refractivity contribution >= 4 is 16.8 Å². The molecule has 5 rings (SSSR count). The minimum absolute atomic E-state index is 0.0359. The van der Waals surface area contributed by atoms with Gasteiger partial charge in [-0.3, -0.25) is 19.2 Å². The van der Waals surface area contributed by atoms with Gasteiger partial charge in [-0.2, -0.15) is 10.2 Å². The average molecular weight is 432 g/mol. The molecule has 0 aliphatic carbocycles. The highest BCUT2D eigenvalue weighted by Gasteiger charge is 2.25. The van der Waals surface area contributed by atoms with Gasteiger partial charge in [0.15, 0.2) is 11.5 Å². The summed E-state index contributed by atoms with van der Waals surface area (Å²) in [5.41, 5.74) is 1.31. The summed E-state index contributed by atoms with van der Waals surface area (Å²) in [5.74, 6) is 0.568. The molecule has 10 nitrogen and oxygen atoms in total. The van der Waals surface area contributed by atoms with Crippen LogP contribution in [0.5, 0.6) is 0 Å². The van der Waals surface area contributed by atoms with E-state index in [1.165, 1.54) is 10.7 Å². The van der Waals surface area contributed by atoms with E-state index < -0.39 is 0 Å². The molecule has 1 amide bonds. The van der Waals surface area contributed by atoms with Gasteiger partial charge in [0.1, 0.15) is 0 Å². The lowest BCUT2D eigenvalue weighted by Gasteiger charge is -2.34. The second-order valence-corrected chi connectivity index (χ2v) is 7.83. The Bertz CT molecular complexity index is 1300. The van der Waals surface area contributed by atoms with Gasteiger partial charge in [0.2, 0.25) is 0 Å². The number of fused-ring (bicyclic) bond motifs is 1. The van der Waals surface area contributed by atoms with Gasteiger partial charge in [0, 0.05) is 63.6 Å². The second-order valence-electron chi connectivity index (χ2n) is 7.83. The molecule has 0 saturated carbocycles. The highest BCUT2D eigenvalue weighted by molar-refractivity contribution is 6.04. The topological polar surface area (TPSA) is 94.1 Å². The lowest BCUT2D eigenvalue weighted by atomic mass is 10.2. The number of carbonyl (C=O) groups is 1. The summed E-state index contributed by atoms with van der Waals surface area (Å²) in [4.78, 5) is 29.4. The van der Waals surface area contributed by atoms with Crippen molar-refractivity contribution in [2.45, 2.75) is 6.54 Å². The lowest BCUT2D eigenvalue weighted by Crippen LogP contribution is -2.49. The number of aromatic nitrogens is 6. The summed E-state index contributed by atoms with van der Waals surface area (Å²) in [6.45, 7) is 3.89. The number of rotatable bonds is 5. The molecule has 0 unspecified atom stereocenters. The van der Waals surface area contributed by atoms with E-state index >= 15 is 0 Å². The maximum atomic E-state index is 13.1. The van der Waals surface area contributed by atoms with E-state index in [1.807, 2.05) is 42.3 Å². The summed E-state index contributed by atoms with van der Waals surface area (Å²) in [7, 11) is 1.86. The highest BCUT2D eigenvalue weighted by Crippen LogP contribution is 2.19. The Hall–Kier alpha value is -3.79. The van der Waals surface area contributed by atoms with Crippen LogP contribution in [0.4, 0.5) is 0 Å². The number of amides is 1. The number of carbonyl (C=O) groups excluding carboxylic acids is 1. The average Bonchev–Trinajstić information content (AvgIpc) is 3.47. The van der Waals surface area contributed by atoms with Crippen molar-refractivity contribution in [3.05, 3.63) is 70.9 Å². The third kappa shape index (κ3) is 3.80. The van der Waals surface area contributed by atoms with Crippen molar-refractivity contribution in [1.29, 1.82) is 0 Å². The summed E-state index contributed by atoms with van der Waals surface area (Å²) in [5, 5.41) is 13.9. The smallest absolute Gasteiger partial charge is 0.275 e. The first kappa shape index (κ1) is 20.1. The molecule has 4 aromatic rings. The van der Waals surface area contributed by atoms with E-state index in [0.29, 0.717) is 37.7 Å². The Morgan fingerprint density at radius 1 is 0.969 bits per heavy atom. The molecule has 3 aromatic heterocycles. The SMILES string of the molecule is Cn1nc(C(=O)N2CCN(CCn3nc(-n4cccn4)ccc3=O)CC2)c2ccccc21. The van der Waals surface area contributed by atoms with Gasteiger partial charge < -0.3 is 4.90 Å². The van der Waals surface area contributed by atoms with Crippen molar-refractivity contribution in [2.75, 3.05) is 32.7 Å². The second kappa shape index (κ2) is 8.39. The number of aryl methyl sites for hydroxylation is 1. The molecule has 1 aromatic carbocycles. The molecule has 1 saturated heterocycles. The van der Waals surface area contributed by atoms with Crippen LogP contribution >= 0.6 is 0 Å². The van der Waals surface area contributed by atoms with Gasteiger partial charge in [-0.15, -0.1) is 5.10 Å². The molecular formula is C22H24N8O2. The maximum Gasteiger partial charge on any atom is 0.275 e. The zero-order valence-corrected chi connectivity index (χ0v) is 17.8. The first-order valence-corrected chi connectivity index (χ1v) is 10.6. The van der Waals surface area contributed by atoms with Gasteiger partial charge in [-0.1, -0.05) is 18.2 Å². The van der Waals surface area contributed by atoms with E-state index in [9.17, 15) is 9.59 Å². The molecule has 1 aliphatic rings. The van der Waals surface area contributed by atoms with E-state index in [1.54, 1.807) is 27.8 Å². The monoisotopic (exact) mass is 432 g/mol. The zero-order chi connectivity index (χ0) is 22.1. The number of hydrogen-bond acceptors (Lipinski definition) is 6. The zero-order valence-electron chi connectivity index (χ0n) is 17.8. The van der Waals surface area contributed by atoms with Crippen molar-refractivity contribution in [1.82, 2.24) is 39.1 Å². The van der Waals surface area contributed by atoms with Crippen LogP contribution in [0.2, 0.25) is 0 Å². The first-order chi connectivity index (χ1) is 15.6. The third-order valence-electron chi connectivity index (χ3n) is 5.84. The van der Waals surface area contributed by atoms with E-state index in [2.05, 4.69) is 20.2 Å². The van der Waals surface area contributed by atoms with Crippen LogP contribution in [-0.2, 0) is 13.6 Å². The van der Waals surface area contributed by atoms with Crippen LogP contribution in [-0.4, -0.2) is 77.8 Å². The van der Waals surface area contributed by atoms with Crippen molar-refractivity contribution < 1.29 is 4.79 Å². The van der Waals surface area contributed by atoms with Crippen molar-refractivity contribution in [2.24, 2.45) is 7.05 Å². The third-order valence-corrected chi connectivity index (χ3v) is 5.84. The molecule has 4 heterocycles.